The average Bonchev–Trinajstić information content (AvgIpc) is 2.72. The van der Waals surface area contributed by atoms with Crippen molar-refractivity contribution in [3.8, 4) is 0 Å². The fourth-order valence-electron chi connectivity index (χ4n) is 1.87. The number of hydrogen-bond acceptors (Lipinski definition) is 3. The van der Waals surface area contributed by atoms with Crippen LogP contribution < -0.4 is 10.6 Å². The van der Waals surface area contributed by atoms with Crippen molar-refractivity contribution in [3.05, 3.63) is 0 Å². The average molecular weight is 271 g/mol. The molecule has 1 aliphatic heterocycles. The summed E-state index contributed by atoms with van der Waals surface area (Å²) in [7, 11) is 0. The third-order valence-corrected chi connectivity index (χ3v) is 4.46. The van der Waals surface area contributed by atoms with Crippen LogP contribution in [-0.4, -0.2) is 35.0 Å². The quantitative estimate of drug-likeness (QED) is 0.778. The summed E-state index contributed by atoms with van der Waals surface area (Å²) in [6.07, 6.45) is 2.70. The first-order chi connectivity index (χ1) is 8.51. The molecule has 0 bridgehead atoms. The molecule has 0 spiro atoms. The molecule has 1 rings (SSSR count). The van der Waals surface area contributed by atoms with E-state index in [4.69, 9.17) is 0 Å². The molecule has 5 heteroatoms. The standard InChI is InChI=1S/C13H25N3OS/c1-5-13(6-2)9-18-12(16-13)14-8-7-11(17)15-10(3)4/h10H,5-9H2,1-4H3,(H,14,16)(H,15,17). The van der Waals surface area contributed by atoms with Crippen LogP contribution >= 0.6 is 11.8 Å². The van der Waals surface area contributed by atoms with E-state index >= 15 is 0 Å². The van der Waals surface area contributed by atoms with Crippen LogP contribution in [0.25, 0.3) is 0 Å². The summed E-state index contributed by atoms with van der Waals surface area (Å²) in [5, 5.41) is 7.37. The molecule has 1 fully saturated rings. The molecule has 1 aliphatic rings. The van der Waals surface area contributed by atoms with E-state index in [1.165, 1.54) is 0 Å². The summed E-state index contributed by atoms with van der Waals surface area (Å²) < 4.78 is 0. The van der Waals surface area contributed by atoms with Crippen LogP contribution in [0.5, 0.6) is 0 Å². The predicted molar refractivity (Wildman–Crippen MR) is 79.1 cm³/mol. The molecule has 0 aromatic carbocycles. The zero-order valence-electron chi connectivity index (χ0n) is 11.9. The van der Waals surface area contributed by atoms with Crippen LogP contribution in [0.1, 0.15) is 47.0 Å². The fourth-order valence-corrected chi connectivity index (χ4v) is 3.24. The zero-order chi connectivity index (χ0) is 13.6. The summed E-state index contributed by atoms with van der Waals surface area (Å²) in [6.45, 7) is 8.91. The van der Waals surface area contributed by atoms with Gasteiger partial charge in [0.1, 0.15) is 0 Å². The highest BCUT2D eigenvalue weighted by atomic mass is 32.2. The molecule has 2 N–H and O–H groups in total. The summed E-state index contributed by atoms with van der Waals surface area (Å²) in [6, 6.07) is 0.206. The van der Waals surface area contributed by atoms with Gasteiger partial charge in [0.25, 0.3) is 0 Å². The molecule has 0 aliphatic carbocycles. The van der Waals surface area contributed by atoms with Gasteiger partial charge in [-0.2, -0.15) is 0 Å². The van der Waals surface area contributed by atoms with Gasteiger partial charge in [-0.05, 0) is 26.7 Å². The lowest BCUT2D eigenvalue weighted by Crippen LogP contribution is -2.42. The highest BCUT2D eigenvalue weighted by Crippen LogP contribution is 2.28. The number of nitrogens with zero attached hydrogens (tertiary/aromatic N) is 1. The molecular weight excluding hydrogens is 246 g/mol. The van der Waals surface area contributed by atoms with E-state index in [-0.39, 0.29) is 17.5 Å². The predicted octanol–water partition coefficient (Wildman–Crippen LogP) is 2.15. The van der Waals surface area contributed by atoms with Crippen LogP contribution in [0.4, 0.5) is 0 Å². The summed E-state index contributed by atoms with van der Waals surface area (Å²) in [4.78, 5) is 15.9. The van der Waals surface area contributed by atoms with Gasteiger partial charge in [0.15, 0.2) is 5.17 Å². The summed E-state index contributed by atoms with van der Waals surface area (Å²) >= 11 is 1.77. The lowest BCUT2D eigenvalue weighted by Gasteiger charge is -2.25. The van der Waals surface area contributed by atoms with Gasteiger partial charge in [-0.1, -0.05) is 25.6 Å². The van der Waals surface area contributed by atoms with Crippen molar-refractivity contribution in [2.75, 3.05) is 12.3 Å². The lowest BCUT2D eigenvalue weighted by atomic mass is 9.96. The minimum absolute atomic E-state index is 0.0783. The van der Waals surface area contributed by atoms with Crippen molar-refractivity contribution < 1.29 is 4.79 Å². The third kappa shape index (κ3) is 4.52. The first-order valence-corrected chi connectivity index (χ1v) is 7.74. The Bertz CT molecular complexity index is 311. The maximum atomic E-state index is 11.5. The SMILES string of the molecule is CCC1(CC)CSC(=NCCC(=O)NC(C)C)N1. The maximum absolute atomic E-state index is 11.5. The van der Waals surface area contributed by atoms with Crippen LogP contribution in [-0.2, 0) is 4.79 Å². The molecular formula is C13H25N3OS. The van der Waals surface area contributed by atoms with Crippen molar-refractivity contribution in [1.82, 2.24) is 10.6 Å². The molecule has 104 valence electrons. The number of amides is 1. The van der Waals surface area contributed by atoms with Gasteiger partial charge in [-0.25, -0.2) is 0 Å². The molecule has 0 unspecified atom stereocenters. The Labute approximate surface area is 114 Å². The number of amidine groups is 1. The molecule has 0 saturated carbocycles. The number of carbonyl (C=O) groups is 1. The van der Waals surface area contributed by atoms with Crippen molar-refractivity contribution in [3.63, 3.8) is 0 Å². The number of rotatable bonds is 6. The van der Waals surface area contributed by atoms with Gasteiger partial charge >= 0.3 is 0 Å². The number of aliphatic imine (C=N–C) groups is 1. The van der Waals surface area contributed by atoms with Gasteiger partial charge in [0.05, 0.1) is 6.54 Å². The van der Waals surface area contributed by atoms with Crippen LogP contribution in [0.15, 0.2) is 4.99 Å². The zero-order valence-corrected chi connectivity index (χ0v) is 12.7. The molecule has 18 heavy (non-hydrogen) atoms. The molecule has 1 heterocycles. The van der Waals surface area contributed by atoms with Crippen molar-refractivity contribution in [2.45, 2.75) is 58.5 Å². The number of nitrogens with one attached hydrogen (secondary N) is 2. The highest BCUT2D eigenvalue weighted by molar-refractivity contribution is 8.14. The van der Waals surface area contributed by atoms with E-state index in [9.17, 15) is 4.79 Å². The van der Waals surface area contributed by atoms with Crippen LogP contribution in [0.3, 0.4) is 0 Å². The Morgan fingerprint density at radius 1 is 1.50 bits per heavy atom. The topological polar surface area (TPSA) is 53.5 Å². The first kappa shape index (κ1) is 15.3. The molecule has 0 radical (unpaired) electrons. The summed E-state index contributed by atoms with van der Waals surface area (Å²) in [5.74, 6) is 1.16. The van der Waals surface area contributed by atoms with Crippen molar-refractivity contribution >= 4 is 22.8 Å². The minimum atomic E-state index is 0.0783. The minimum Gasteiger partial charge on any atom is -0.359 e. The van der Waals surface area contributed by atoms with E-state index < -0.39 is 0 Å². The second kappa shape index (κ2) is 7.02. The van der Waals surface area contributed by atoms with Gasteiger partial charge in [0.2, 0.25) is 5.91 Å². The largest absolute Gasteiger partial charge is 0.359 e. The third-order valence-electron chi connectivity index (χ3n) is 3.25. The fraction of sp³-hybridized carbons (Fsp3) is 0.846. The Morgan fingerprint density at radius 2 is 2.17 bits per heavy atom. The van der Waals surface area contributed by atoms with Crippen molar-refractivity contribution in [2.24, 2.45) is 4.99 Å². The number of hydrogen-bond donors (Lipinski definition) is 2. The first-order valence-electron chi connectivity index (χ1n) is 6.76. The Hall–Kier alpha value is -0.710. The van der Waals surface area contributed by atoms with Gasteiger partial charge < -0.3 is 10.6 Å². The van der Waals surface area contributed by atoms with E-state index in [0.717, 1.165) is 23.8 Å². The van der Waals surface area contributed by atoms with Gasteiger partial charge in [-0.15, -0.1) is 0 Å². The normalized spacial score (nSPS) is 20.2. The molecule has 0 aromatic heterocycles. The second-order valence-corrected chi connectivity index (χ2v) is 6.02. The molecule has 1 saturated heterocycles. The van der Waals surface area contributed by atoms with Crippen LogP contribution in [0.2, 0.25) is 0 Å². The summed E-state index contributed by atoms with van der Waals surface area (Å²) in [5.41, 5.74) is 0.212. The lowest BCUT2D eigenvalue weighted by molar-refractivity contribution is -0.121. The molecule has 0 atom stereocenters. The maximum Gasteiger partial charge on any atom is 0.222 e. The van der Waals surface area contributed by atoms with E-state index in [1.54, 1.807) is 11.8 Å². The Balaban J connectivity index is 2.35. The Kier molecular flexibility index (Phi) is 5.99. The monoisotopic (exact) mass is 271 g/mol. The molecule has 1 amide bonds. The van der Waals surface area contributed by atoms with Crippen molar-refractivity contribution in [1.29, 1.82) is 0 Å². The second-order valence-electron chi connectivity index (χ2n) is 5.06. The Morgan fingerprint density at radius 3 is 2.67 bits per heavy atom. The van der Waals surface area contributed by atoms with E-state index in [1.807, 2.05) is 13.8 Å². The smallest absolute Gasteiger partial charge is 0.222 e. The molecule has 4 nitrogen and oxygen atoms in total. The van der Waals surface area contributed by atoms with Gasteiger partial charge in [0, 0.05) is 23.8 Å². The number of carbonyl (C=O) groups excluding carboxylic acids is 1. The van der Waals surface area contributed by atoms with E-state index in [0.29, 0.717) is 13.0 Å². The van der Waals surface area contributed by atoms with Crippen LogP contribution in [0, 0.1) is 0 Å². The number of thioether (sulfide) groups is 1. The van der Waals surface area contributed by atoms with Gasteiger partial charge in [-0.3, -0.25) is 9.79 Å². The van der Waals surface area contributed by atoms with E-state index in [2.05, 4.69) is 29.5 Å². The highest BCUT2D eigenvalue weighted by Gasteiger charge is 2.33. The molecule has 0 aromatic rings.